The summed E-state index contributed by atoms with van der Waals surface area (Å²) in [5.41, 5.74) is 14.6. The Balaban J connectivity index is 1.78. The van der Waals surface area contributed by atoms with Gasteiger partial charge in [-0.05, 0) is 31.2 Å². The summed E-state index contributed by atoms with van der Waals surface area (Å²) in [4.78, 5) is 25.7. The zero-order chi connectivity index (χ0) is 21.3. The maximum absolute atomic E-state index is 12.7. The third-order valence-electron chi connectivity index (χ3n) is 4.64. The van der Waals surface area contributed by atoms with Gasteiger partial charge in [-0.1, -0.05) is 12.1 Å². The fourth-order valence-corrected chi connectivity index (χ4v) is 3.26. The van der Waals surface area contributed by atoms with Crippen molar-refractivity contribution >= 4 is 23.1 Å². The van der Waals surface area contributed by atoms with Gasteiger partial charge in [-0.15, -0.1) is 0 Å². The molecule has 9 nitrogen and oxygen atoms in total. The molecule has 0 fully saturated rings. The van der Waals surface area contributed by atoms with Crippen molar-refractivity contribution in [2.24, 2.45) is 5.73 Å². The van der Waals surface area contributed by atoms with Gasteiger partial charge in [0.05, 0.1) is 18.7 Å². The number of amides is 1. The zero-order valence-corrected chi connectivity index (χ0v) is 16.5. The van der Waals surface area contributed by atoms with Crippen LogP contribution in [0, 0.1) is 0 Å². The number of anilines is 2. The number of methoxy groups -OCH3 is 1. The number of nitrogens with zero attached hydrogens (tertiary/aromatic N) is 4. The molecule has 0 bridgehead atoms. The molecule has 3 heterocycles. The number of fused-ring (bicyclic) bond motifs is 1. The number of rotatable bonds is 5. The predicted molar refractivity (Wildman–Crippen MR) is 114 cm³/mol. The molecule has 3 aromatic heterocycles. The van der Waals surface area contributed by atoms with E-state index in [1.807, 2.05) is 11.3 Å². The molecular weight excluding hydrogens is 382 g/mol. The minimum Gasteiger partial charge on any atom is -0.496 e. The lowest BCUT2D eigenvalue weighted by atomic mass is 10.1. The number of carbonyl (C=O) groups excluding carboxylic acids is 1. The number of imidazole rings is 1. The van der Waals surface area contributed by atoms with E-state index in [1.165, 1.54) is 7.11 Å². The minimum atomic E-state index is -0.329. The topological polar surface area (TPSA) is 133 Å². The summed E-state index contributed by atoms with van der Waals surface area (Å²) >= 11 is 0. The van der Waals surface area contributed by atoms with Crippen LogP contribution in [-0.4, -0.2) is 32.4 Å². The summed E-state index contributed by atoms with van der Waals surface area (Å²) in [5, 5.41) is 2.75. The van der Waals surface area contributed by atoms with E-state index in [0.717, 1.165) is 5.56 Å². The highest BCUT2D eigenvalue weighted by Gasteiger charge is 2.20. The Labute approximate surface area is 172 Å². The van der Waals surface area contributed by atoms with Crippen LogP contribution < -0.4 is 21.5 Å². The normalized spacial score (nSPS) is 12.0. The van der Waals surface area contributed by atoms with Gasteiger partial charge in [0, 0.05) is 24.2 Å². The van der Waals surface area contributed by atoms with Gasteiger partial charge in [0.1, 0.15) is 34.4 Å². The number of nitrogen functional groups attached to an aromatic ring is 1. The van der Waals surface area contributed by atoms with Gasteiger partial charge in [-0.3, -0.25) is 9.20 Å². The second-order valence-corrected chi connectivity index (χ2v) is 6.72. The zero-order valence-electron chi connectivity index (χ0n) is 16.5. The third-order valence-corrected chi connectivity index (χ3v) is 4.64. The molecule has 4 aromatic rings. The van der Waals surface area contributed by atoms with Gasteiger partial charge in [0.2, 0.25) is 0 Å². The van der Waals surface area contributed by atoms with E-state index >= 15 is 0 Å². The number of benzene rings is 1. The molecule has 0 saturated heterocycles. The maximum atomic E-state index is 12.7. The van der Waals surface area contributed by atoms with Crippen LogP contribution >= 0.6 is 0 Å². The molecule has 5 N–H and O–H groups in total. The Morgan fingerprint density at radius 3 is 2.73 bits per heavy atom. The van der Waals surface area contributed by atoms with Crippen molar-refractivity contribution in [1.29, 1.82) is 0 Å². The fourth-order valence-electron chi connectivity index (χ4n) is 3.26. The van der Waals surface area contributed by atoms with Gasteiger partial charge in [-0.2, -0.15) is 0 Å². The van der Waals surface area contributed by atoms with Crippen LogP contribution in [-0.2, 0) is 0 Å². The molecular formula is C21H21N7O2. The number of carbonyl (C=O) groups is 1. The minimum absolute atomic E-state index is 0.307. The highest BCUT2D eigenvalue weighted by Crippen LogP contribution is 2.33. The molecule has 30 heavy (non-hydrogen) atoms. The second-order valence-electron chi connectivity index (χ2n) is 6.72. The van der Waals surface area contributed by atoms with Crippen LogP contribution in [0.2, 0.25) is 0 Å². The maximum Gasteiger partial charge on any atom is 0.260 e. The average molecular weight is 403 g/mol. The van der Waals surface area contributed by atoms with Crippen molar-refractivity contribution in [2.75, 3.05) is 18.2 Å². The number of nitrogens with two attached hydrogens (primary N) is 2. The van der Waals surface area contributed by atoms with E-state index < -0.39 is 0 Å². The second kappa shape index (κ2) is 7.80. The molecule has 0 spiro atoms. The Morgan fingerprint density at radius 2 is 2.03 bits per heavy atom. The molecule has 0 radical (unpaired) electrons. The molecule has 0 saturated carbocycles. The highest BCUT2D eigenvalue weighted by atomic mass is 16.5. The van der Waals surface area contributed by atoms with Crippen LogP contribution in [0.5, 0.6) is 5.75 Å². The van der Waals surface area contributed by atoms with Crippen LogP contribution in [0.15, 0.2) is 55.0 Å². The summed E-state index contributed by atoms with van der Waals surface area (Å²) in [5.74, 6) is 1.51. The number of pyridine rings is 1. The third kappa shape index (κ3) is 3.42. The van der Waals surface area contributed by atoms with Crippen LogP contribution in [0.1, 0.15) is 29.1 Å². The van der Waals surface area contributed by atoms with Crippen molar-refractivity contribution in [3.05, 3.63) is 66.4 Å². The van der Waals surface area contributed by atoms with E-state index in [9.17, 15) is 4.79 Å². The van der Waals surface area contributed by atoms with Crippen molar-refractivity contribution < 1.29 is 9.53 Å². The molecule has 4 rings (SSSR count). The molecule has 1 amide bonds. The van der Waals surface area contributed by atoms with Gasteiger partial charge >= 0.3 is 0 Å². The fraction of sp³-hybridized carbons (Fsp3) is 0.143. The summed E-state index contributed by atoms with van der Waals surface area (Å²) in [6.07, 6.45) is 4.98. The first-order valence-electron chi connectivity index (χ1n) is 9.28. The predicted octanol–water partition coefficient (Wildman–Crippen LogP) is 2.65. The molecule has 152 valence electrons. The largest absolute Gasteiger partial charge is 0.496 e. The highest BCUT2D eigenvalue weighted by molar-refractivity contribution is 6.06. The quantitative estimate of drug-likeness (QED) is 0.466. The lowest BCUT2D eigenvalue weighted by Crippen LogP contribution is -2.14. The van der Waals surface area contributed by atoms with Gasteiger partial charge in [-0.25, -0.2) is 15.0 Å². The Morgan fingerprint density at radius 1 is 1.20 bits per heavy atom. The molecule has 0 aliphatic rings. The number of aromatic nitrogens is 4. The van der Waals surface area contributed by atoms with E-state index in [1.54, 1.807) is 55.0 Å². The summed E-state index contributed by atoms with van der Waals surface area (Å²) in [6, 6.07) is 10.2. The van der Waals surface area contributed by atoms with Gasteiger partial charge in [0.25, 0.3) is 5.91 Å². The van der Waals surface area contributed by atoms with Crippen LogP contribution in [0.4, 0.5) is 11.6 Å². The molecule has 9 heteroatoms. The number of ether oxygens (including phenoxy) is 1. The molecule has 1 atom stereocenters. The lowest BCUT2D eigenvalue weighted by molar-refractivity contribution is 0.102. The smallest absolute Gasteiger partial charge is 0.260 e. The van der Waals surface area contributed by atoms with E-state index in [2.05, 4.69) is 20.3 Å². The molecule has 0 aliphatic heterocycles. The number of hydrogen-bond acceptors (Lipinski definition) is 7. The van der Waals surface area contributed by atoms with Gasteiger partial charge < -0.3 is 21.5 Å². The van der Waals surface area contributed by atoms with E-state index in [0.29, 0.717) is 40.0 Å². The monoisotopic (exact) mass is 403 g/mol. The Bertz CT molecular complexity index is 1220. The van der Waals surface area contributed by atoms with Crippen molar-refractivity contribution in [1.82, 2.24) is 19.4 Å². The molecule has 0 unspecified atom stereocenters. The van der Waals surface area contributed by atoms with Gasteiger partial charge in [0.15, 0.2) is 0 Å². The van der Waals surface area contributed by atoms with Crippen molar-refractivity contribution in [3.63, 3.8) is 0 Å². The number of nitrogens with one attached hydrogen (secondary N) is 1. The summed E-state index contributed by atoms with van der Waals surface area (Å²) in [7, 11) is 1.51. The van der Waals surface area contributed by atoms with Crippen LogP contribution in [0.3, 0.4) is 0 Å². The average Bonchev–Trinajstić information content (AvgIpc) is 3.15. The van der Waals surface area contributed by atoms with E-state index in [-0.39, 0.29) is 11.9 Å². The first kappa shape index (κ1) is 19.3. The first-order valence-corrected chi connectivity index (χ1v) is 9.28. The van der Waals surface area contributed by atoms with Crippen molar-refractivity contribution in [3.8, 4) is 17.0 Å². The van der Waals surface area contributed by atoms with Crippen molar-refractivity contribution in [2.45, 2.75) is 13.0 Å². The SMILES string of the molecule is COc1cc(-c2nc([C@H](C)N)n3ccnc(N)c23)ccc1C(=O)Nc1ccccn1. The first-order chi connectivity index (χ1) is 14.5. The molecule has 1 aromatic carbocycles. The van der Waals surface area contributed by atoms with E-state index in [4.69, 9.17) is 16.2 Å². The van der Waals surface area contributed by atoms with Crippen LogP contribution in [0.25, 0.3) is 16.8 Å². The number of hydrogen-bond donors (Lipinski definition) is 3. The summed E-state index contributed by atoms with van der Waals surface area (Å²) in [6.45, 7) is 1.85. The lowest BCUT2D eigenvalue weighted by Gasteiger charge is -2.10. The Hall–Kier alpha value is -3.98. The summed E-state index contributed by atoms with van der Waals surface area (Å²) < 4.78 is 7.31. The standard InChI is InChI=1S/C21H21N7O2/c1-12(22)20-27-17(18-19(23)25-9-10-28(18)20)13-6-7-14(15(11-13)30-2)21(29)26-16-5-3-4-8-24-16/h3-12H,22H2,1-2H3,(H2,23,25)(H,24,26,29)/t12-/m0/s1. The molecule has 0 aliphatic carbocycles. The Kier molecular flexibility index (Phi) is 5.03.